The van der Waals surface area contributed by atoms with E-state index >= 15 is 0 Å². The summed E-state index contributed by atoms with van der Waals surface area (Å²) in [7, 11) is 0.307. The monoisotopic (exact) mass is 317 g/mol. The van der Waals surface area contributed by atoms with Crippen molar-refractivity contribution >= 4 is 10.0 Å². The molecule has 0 aliphatic carbocycles. The smallest absolute Gasteiger partial charge is 0.276 e. The summed E-state index contributed by atoms with van der Waals surface area (Å²) in [4.78, 5) is 1.97. The van der Waals surface area contributed by atoms with Crippen molar-refractivity contribution in [2.75, 3.05) is 40.3 Å². The Morgan fingerprint density at radius 3 is 2.43 bits per heavy atom. The molecule has 122 valence electrons. The van der Waals surface area contributed by atoms with Gasteiger partial charge in [0, 0.05) is 19.6 Å². The van der Waals surface area contributed by atoms with Crippen LogP contribution in [0.4, 0.5) is 0 Å². The van der Waals surface area contributed by atoms with E-state index in [4.69, 9.17) is 4.42 Å². The summed E-state index contributed by atoms with van der Waals surface area (Å²) in [6, 6.07) is 3.26. The summed E-state index contributed by atoms with van der Waals surface area (Å²) >= 11 is 0. The number of nitrogens with one attached hydrogen (secondary N) is 1. The summed E-state index contributed by atoms with van der Waals surface area (Å²) < 4.78 is 32.2. The first kappa shape index (κ1) is 18.2. The lowest BCUT2D eigenvalue weighted by molar-refractivity contribution is 0.321. The fourth-order valence-electron chi connectivity index (χ4n) is 1.88. The average Bonchev–Trinajstić information content (AvgIpc) is 2.90. The summed E-state index contributed by atoms with van der Waals surface area (Å²) in [5, 5.41) is 3.15. The number of sulfonamides is 1. The molecule has 0 saturated carbocycles. The van der Waals surface area contributed by atoms with Gasteiger partial charge in [-0.25, -0.2) is 8.42 Å². The summed E-state index contributed by atoms with van der Waals surface area (Å²) in [5.41, 5.74) is 0. The number of hydrogen-bond donors (Lipinski definition) is 1. The van der Waals surface area contributed by atoms with Crippen molar-refractivity contribution in [2.45, 2.75) is 31.9 Å². The van der Waals surface area contributed by atoms with Gasteiger partial charge >= 0.3 is 0 Å². The topological polar surface area (TPSA) is 65.8 Å². The predicted octanol–water partition coefficient (Wildman–Crippen LogP) is 1.35. The Balaban J connectivity index is 2.86. The first-order valence-corrected chi connectivity index (χ1v) is 8.80. The Morgan fingerprint density at radius 2 is 1.86 bits per heavy atom. The van der Waals surface area contributed by atoms with Crippen LogP contribution in [0.1, 0.15) is 26.0 Å². The highest BCUT2D eigenvalue weighted by molar-refractivity contribution is 7.89. The molecule has 0 radical (unpaired) electrons. The molecule has 7 heteroatoms. The van der Waals surface area contributed by atoms with Gasteiger partial charge in [0.05, 0.1) is 6.54 Å². The van der Waals surface area contributed by atoms with Crippen molar-refractivity contribution in [1.82, 2.24) is 14.5 Å². The molecule has 1 heterocycles. The third kappa shape index (κ3) is 5.43. The maximum atomic E-state index is 12.6. The second-order valence-electron chi connectivity index (χ2n) is 5.21. The molecule has 0 bridgehead atoms. The number of likely N-dealkylation sites (N-methyl/N-ethyl adjacent to an activating group) is 1. The normalized spacial score (nSPS) is 12.5. The minimum atomic E-state index is -3.55. The van der Waals surface area contributed by atoms with Gasteiger partial charge in [-0.1, -0.05) is 13.8 Å². The molecular weight excluding hydrogens is 290 g/mol. The van der Waals surface area contributed by atoms with E-state index in [9.17, 15) is 8.42 Å². The van der Waals surface area contributed by atoms with Gasteiger partial charge in [0.2, 0.25) is 5.09 Å². The molecule has 0 unspecified atom stereocenters. The van der Waals surface area contributed by atoms with Crippen molar-refractivity contribution in [2.24, 2.45) is 0 Å². The van der Waals surface area contributed by atoms with Crippen LogP contribution in [-0.2, 0) is 16.6 Å². The molecule has 0 saturated heterocycles. The van der Waals surface area contributed by atoms with Gasteiger partial charge in [0.1, 0.15) is 5.76 Å². The van der Waals surface area contributed by atoms with Gasteiger partial charge in [0.15, 0.2) is 0 Å². The lowest BCUT2D eigenvalue weighted by Gasteiger charge is -2.22. The van der Waals surface area contributed by atoms with Gasteiger partial charge in [-0.05, 0) is 39.2 Å². The molecule has 0 spiro atoms. The Morgan fingerprint density at radius 1 is 1.14 bits per heavy atom. The second-order valence-corrected chi connectivity index (χ2v) is 7.08. The molecule has 1 N–H and O–H groups in total. The zero-order chi connectivity index (χ0) is 15.9. The number of furan rings is 1. The minimum absolute atomic E-state index is 0.0302. The van der Waals surface area contributed by atoms with Crippen molar-refractivity contribution < 1.29 is 12.8 Å². The Labute approximate surface area is 128 Å². The highest BCUT2D eigenvalue weighted by Crippen LogP contribution is 2.19. The van der Waals surface area contributed by atoms with Crippen molar-refractivity contribution in [1.29, 1.82) is 0 Å². The Hall–Kier alpha value is -0.890. The van der Waals surface area contributed by atoms with Crippen molar-refractivity contribution in [3.05, 3.63) is 17.9 Å². The van der Waals surface area contributed by atoms with E-state index in [0.717, 1.165) is 13.0 Å². The lowest BCUT2D eigenvalue weighted by Crippen LogP contribution is -2.37. The highest BCUT2D eigenvalue weighted by Gasteiger charge is 2.27. The molecule has 0 fully saturated rings. The van der Waals surface area contributed by atoms with Crippen molar-refractivity contribution in [3.8, 4) is 0 Å². The molecular formula is C14H27N3O3S. The Kier molecular flexibility index (Phi) is 7.37. The fourth-order valence-corrected chi connectivity index (χ4v) is 3.33. The molecule has 21 heavy (non-hydrogen) atoms. The van der Waals surface area contributed by atoms with E-state index in [1.54, 1.807) is 12.1 Å². The van der Waals surface area contributed by atoms with Crippen LogP contribution in [0.2, 0.25) is 0 Å². The average molecular weight is 317 g/mol. The first-order valence-electron chi connectivity index (χ1n) is 7.36. The van der Waals surface area contributed by atoms with Crippen LogP contribution in [0, 0.1) is 0 Å². The van der Waals surface area contributed by atoms with Crippen LogP contribution >= 0.6 is 0 Å². The van der Waals surface area contributed by atoms with Gasteiger partial charge in [-0.15, -0.1) is 0 Å². The van der Waals surface area contributed by atoms with Gasteiger partial charge in [-0.2, -0.15) is 4.31 Å². The van der Waals surface area contributed by atoms with E-state index in [1.165, 1.54) is 4.31 Å². The van der Waals surface area contributed by atoms with Gasteiger partial charge < -0.3 is 14.6 Å². The highest BCUT2D eigenvalue weighted by atomic mass is 32.2. The molecule has 0 aromatic carbocycles. The first-order chi connectivity index (χ1) is 9.91. The van der Waals surface area contributed by atoms with Gasteiger partial charge in [0.25, 0.3) is 10.0 Å². The molecule has 1 rings (SSSR count). The summed E-state index contributed by atoms with van der Waals surface area (Å²) in [6.45, 7) is 6.96. The molecule has 1 aromatic rings. The van der Waals surface area contributed by atoms with E-state index < -0.39 is 10.0 Å². The fraction of sp³-hybridized carbons (Fsp3) is 0.714. The number of rotatable bonds is 10. The third-order valence-electron chi connectivity index (χ3n) is 3.05. The quantitative estimate of drug-likeness (QED) is 0.706. The maximum Gasteiger partial charge on any atom is 0.276 e. The maximum absolute atomic E-state index is 12.6. The van der Waals surface area contributed by atoms with Crippen LogP contribution in [0.15, 0.2) is 21.6 Å². The number of hydrogen-bond acceptors (Lipinski definition) is 5. The summed E-state index contributed by atoms with van der Waals surface area (Å²) in [6.07, 6.45) is 0.775. The Bertz CT molecular complexity index is 511. The molecule has 0 aliphatic rings. The van der Waals surface area contributed by atoms with Gasteiger partial charge in [-0.3, -0.25) is 0 Å². The van der Waals surface area contributed by atoms with E-state index in [2.05, 4.69) is 5.32 Å². The second kappa shape index (κ2) is 8.53. The van der Waals surface area contributed by atoms with Crippen LogP contribution in [0.3, 0.4) is 0 Å². The zero-order valence-corrected chi connectivity index (χ0v) is 14.2. The van der Waals surface area contributed by atoms with Crippen LogP contribution in [-0.4, -0.2) is 57.9 Å². The summed E-state index contributed by atoms with van der Waals surface area (Å²) in [5.74, 6) is 0.638. The molecule has 6 nitrogen and oxygen atoms in total. The van der Waals surface area contributed by atoms with Crippen LogP contribution < -0.4 is 5.32 Å². The number of nitrogens with zero attached hydrogens (tertiary/aromatic N) is 2. The minimum Gasteiger partial charge on any atom is -0.447 e. The molecule has 0 aliphatic heterocycles. The van der Waals surface area contributed by atoms with E-state index in [1.807, 2.05) is 32.8 Å². The molecule has 1 aromatic heterocycles. The largest absolute Gasteiger partial charge is 0.447 e. The molecule has 0 atom stereocenters. The SMILES string of the molecule is CCCN(CCN(C)C)S(=O)(=O)c1ccc(CNCC)o1. The van der Waals surface area contributed by atoms with E-state index in [-0.39, 0.29) is 5.09 Å². The molecule has 0 amide bonds. The predicted molar refractivity (Wildman–Crippen MR) is 83.7 cm³/mol. The lowest BCUT2D eigenvalue weighted by atomic mass is 10.4. The van der Waals surface area contributed by atoms with Crippen molar-refractivity contribution in [3.63, 3.8) is 0 Å². The third-order valence-corrected chi connectivity index (χ3v) is 4.82. The van der Waals surface area contributed by atoms with E-state index in [0.29, 0.717) is 31.9 Å². The van der Waals surface area contributed by atoms with Crippen LogP contribution in [0.5, 0.6) is 0 Å². The van der Waals surface area contributed by atoms with Crippen LogP contribution in [0.25, 0.3) is 0 Å². The zero-order valence-electron chi connectivity index (χ0n) is 13.4. The standard InChI is InChI=1S/C14H27N3O3S/c1-5-9-17(11-10-16(3)4)21(18,19)14-8-7-13(20-14)12-15-6-2/h7-8,15H,5-6,9-12H2,1-4H3.